The summed E-state index contributed by atoms with van der Waals surface area (Å²) in [7, 11) is -2.04. The van der Waals surface area contributed by atoms with E-state index in [0.29, 0.717) is 18.5 Å². The molecule has 2 aromatic rings. The van der Waals surface area contributed by atoms with Crippen LogP contribution in [0.1, 0.15) is 62.5 Å². The van der Waals surface area contributed by atoms with Crippen LogP contribution in [-0.2, 0) is 27.7 Å². The van der Waals surface area contributed by atoms with Crippen LogP contribution in [0, 0.1) is 5.41 Å². The lowest BCUT2D eigenvalue weighted by atomic mass is 9.93. The summed E-state index contributed by atoms with van der Waals surface area (Å²) in [4.78, 5) is 27.5. The first-order chi connectivity index (χ1) is 18.0. The number of carbonyl (C=O) groups excluding carboxylic acids is 2. The molecule has 1 spiro atoms. The molecule has 4 rings (SSSR count). The Hall–Kier alpha value is -3.22. The second-order valence-electron chi connectivity index (χ2n) is 11.2. The Labute approximate surface area is 225 Å². The Morgan fingerprint density at radius 1 is 1.13 bits per heavy atom. The highest BCUT2D eigenvalue weighted by Gasteiger charge is 2.47. The van der Waals surface area contributed by atoms with Crippen LogP contribution in [0.3, 0.4) is 0 Å². The molecule has 1 aromatic heterocycles. The van der Waals surface area contributed by atoms with E-state index < -0.39 is 39.2 Å². The fourth-order valence-corrected chi connectivity index (χ4v) is 5.67. The maximum absolute atomic E-state index is 13.7. The minimum atomic E-state index is -4.72. The summed E-state index contributed by atoms with van der Waals surface area (Å²) in [6.45, 7) is 6.15. The van der Waals surface area contributed by atoms with Gasteiger partial charge in [0.15, 0.2) is 7.05 Å². The second kappa shape index (κ2) is 10.1. The van der Waals surface area contributed by atoms with E-state index in [1.54, 1.807) is 20.8 Å². The van der Waals surface area contributed by atoms with Crippen LogP contribution in [0.2, 0.25) is 0 Å². The molecule has 1 saturated heterocycles. The molecule has 1 N–H and O–H groups in total. The number of nitrogens with zero attached hydrogens (tertiary/aromatic N) is 4. The van der Waals surface area contributed by atoms with E-state index in [9.17, 15) is 27.0 Å². The number of aromatic nitrogens is 2. The van der Waals surface area contributed by atoms with Crippen molar-refractivity contribution in [2.24, 2.45) is 16.8 Å². The SMILES string of the molecule is C[n+]1nc(N2CCC3(CC2)CC3)c(C(=O)Nc2cccc(S(C)(=O)=NC(=O)OC(C)(C)C)c2)cc1C(F)(F)F. The predicted molar refractivity (Wildman–Crippen MR) is 139 cm³/mol. The number of hydrogen-bond acceptors (Lipinski definition) is 6. The zero-order chi connectivity index (χ0) is 28.8. The van der Waals surface area contributed by atoms with Crippen LogP contribution in [-0.4, -0.2) is 46.3 Å². The molecule has 2 aliphatic rings. The van der Waals surface area contributed by atoms with Gasteiger partial charge in [-0.25, -0.2) is 9.00 Å². The first kappa shape index (κ1) is 28.8. The van der Waals surface area contributed by atoms with Gasteiger partial charge in [-0.1, -0.05) is 10.7 Å². The lowest BCUT2D eigenvalue weighted by Gasteiger charge is -2.32. The zero-order valence-electron chi connectivity index (χ0n) is 22.6. The number of alkyl halides is 3. The number of piperidine rings is 1. The lowest BCUT2D eigenvalue weighted by molar-refractivity contribution is -0.746. The van der Waals surface area contributed by atoms with Crippen molar-refractivity contribution in [2.75, 3.05) is 29.6 Å². The maximum Gasteiger partial charge on any atom is 0.479 e. The maximum atomic E-state index is 13.7. The van der Waals surface area contributed by atoms with E-state index in [-0.39, 0.29) is 22.0 Å². The topological polar surface area (TPSA) is 105 Å². The largest absolute Gasteiger partial charge is 0.479 e. The molecule has 2 heterocycles. The Morgan fingerprint density at radius 2 is 1.77 bits per heavy atom. The number of nitrogens with one attached hydrogen (secondary N) is 1. The Bertz CT molecular complexity index is 1410. The van der Waals surface area contributed by atoms with Gasteiger partial charge in [0.1, 0.15) is 5.60 Å². The summed E-state index contributed by atoms with van der Waals surface area (Å²) >= 11 is 0. The van der Waals surface area contributed by atoms with Gasteiger partial charge in [-0.2, -0.15) is 13.2 Å². The van der Waals surface area contributed by atoms with E-state index >= 15 is 0 Å². The van der Waals surface area contributed by atoms with Crippen molar-refractivity contribution >= 4 is 33.2 Å². The summed E-state index contributed by atoms with van der Waals surface area (Å²) in [5.41, 5.74) is -1.60. The molecule has 1 unspecified atom stereocenters. The van der Waals surface area contributed by atoms with Crippen molar-refractivity contribution in [3.63, 3.8) is 0 Å². The summed E-state index contributed by atoms with van der Waals surface area (Å²) < 4.78 is 63.9. The van der Waals surface area contributed by atoms with Crippen LogP contribution in [0.25, 0.3) is 0 Å². The molecule has 0 radical (unpaired) electrons. The number of hydrogen-bond donors (Lipinski definition) is 1. The van der Waals surface area contributed by atoms with Crippen LogP contribution >= 0.6 is 0 Å². The molecule has 1 atom stereocenters. The average Bonchev–Trinajstić information content (AvgIpc) is 3.55. The van der Waals surface area contributed by atoms with E-state index in [0.717, 1.165) is 36.4 Å². The lowest BCUT2D eigenvalue weighted by Crippen LogP contribution is -2.46. The summed E-state index contributed by atoms with van der Waals surface area (Å²) in [6.07, 6.45) is -0.351. The van der Waals surface area contributed by atoms with Crippen molar-refractivity contribution in [1.82, 2.24) is 5.10 Å². The Balaban J connectivity index is 1.64. The monoisotopic (exact) mass is 568 g/mol. The number of anilines is 2. The van der Waals surface area contributed by atoms with Gasteiger partial charge in [0.05, 0.1) is 15.3 Å². The molecule has 2 amide bonds. The molecular weight excluding hydrogens is 535 g/mol. The molecule has 9 nitrogen and oxygen atoms in total. The highest BCUT2D eigenvalue weighted by Crippen LogP contribution is 2.54. The molecule has 13 heteroatoms. The van der Waals surface area contributed by atoms with E-state index in [2.05, 4.69) is 14.8 Å². The number of amides is 2. The molecular formula is C26H33F3N5O4S+. The number of benzene rings is 1. The zero-order valence-corrected chi connectivity index (χ0v) is 23.4. The highest BCUT2D eigenvalue weighted by atomic mass is 32.2. The molecule has 39 heavy (non-hydrogen) atoms. The minimum Gasteiger partial charge on any atom is -0.442 e. The van der Waals surface area contributed by atoms with Gasteiger partial charge in [-0.05, 0) is 70.1 Å². The fourth-order valence-electron chi connectivity index (χ4n) is 4.56. The minimum absolute atomic E-state index is 0.144. The van der Waals surface area contributed by atoms with Crippen molar-refractivity contribution in [3.05, 3.63) is 41.6 Å². The molecule has 0 bridgehead atoms. The molecule has 2 fully saturated rings. The normalized spacial score (nSPS) is 18.3. The fraction of sp³-hybridized carbons (Fsp3) is 0.538. The second-order valence-corrected chi connectivity index (χ2v) is 13.5. The standard InChI is InChI=1S/C26H32F3N5O4S/c1-24(2,3)38-23(36)32-39(5,37)18-8-6-7-17(15-18)30-22(35)19-16-20(26(27,28)29)33(4)31-21(19)34-13-11-25(9-10-25)12-14-34/h6-8,15-16H,9-14H2,1-5H3/p+1. The third-order valence-electron chi connectivity index (χ3n) is 6.90. The van der Waals surface area contributed by atoms with Crippen LogP contribution in [0.15, 0.2) is 39.6 Å². The van der Waals surface area contributed by atoms with Gasteiger partial charge in [-0.3, -0.25) is 4.79 Å². The summed E-state index contributed by atoms with van der Waals surface area (Å²) in [6, 6.07) is 6.66. The average molecular weight is 569 g/mol. The van der Waals surface area contributed by atoms with E-state index in [1.807, 2.05) is 4.90 Å². The van der Waals surface area contributed by atoms with Gasteiger partial charge in [0.25, 0.3) is 5.91 Å². The van der Waals surface area contributed by atoms with Crippen molar-refractivity contribution in [1.29, 1.82) is 0 Å². The van der Waals surface area contributed by atoms with E-state index in [1.165, 1.54) is 37.6 Å². The Morgan fingerprint density at radius 3 is 2.33 bits per heavy atom. The summed E-state index contributed by atoms with van der Waals surface area (Å²) in [5.74, 6) is -0.618. The molecule has 1 aliphatic carbocycles. The van der Waals surface area contributed by atoms with Crippen molar-refractivity contribution in [3.8, 4) is 0 Å². The first-order valence-electron chi connectivity index (χ1n) is 12.6. The van der Waals surface area contributed by atoms with Gasteiger partial charge in [-0.15, -0.1) is 4.36 Å². The number of ether oxygens (including phenoxy) is 1. The molecule has 1 saturated carbocycles. The molecule has 1 aromatic carbocycles. The quantitative estimate of drug-likeness (QED) is 0.524. The molecule has 212 valence electrons. The van der Waals surface area contributed by atoms with Gasteiger partial charge >= 0.3 is 18.0 Å². The van der Waals surface area contributed by atoms with Crippen molar-refractivity contribution in [2.45, 2.75) is 63.1 Å². The van der Waals surface area contributed by atoms with Crippen LogP contribution in [0.5, 0.6) is 0 Å². The van der Waals surface area contributed by atoms with Crippen LogP contribution in [0.4, 0.5) is 29.5 Å². The molecule has 1 aliphatic heterocycles. The van der Waals surface area contributed by atoms with Gasteiger partial charge in [0.2, 0.25) is 5.82 Å². The number of rotatable bonds is 4. The van der Waals surface area contributed by atoms with Gasteiger partial charge < -0.3 is 15.0 Å². The third kappa shape index (κ3) is 6.87. The summed E-state index contributed by atoms with van der Waals surface area (Å²) in [5, 5.41) is 6.77. The Kier molecular flexibility index (Phi) is 7.43. The predicted octanol–water partition coefficient (Wildman–Crippen LogP) is 4.95. The van der Waals surface area contributed by atoms with E-state index in [4.69, 9.17) is 4.74 Å². The highest BCUT2D eigenvalue weighted by molar-refractivity contribution is 7.93. The number of aryl methyl sites for hydroxylation is 1. The third-order valence-corrected chi connectivity index (χ3v) is 8.53. The number of carbonyl (C=O) groups is 2. The smallest absolute Gasteiger partial charge is 0.442 e. The van der Waals surface area contributed by atoms with Crippen molar-refractivity contribution < 1.29 is 36.4 Å². The first-order valence-corrected chi connectivity index (χ1v) is 14.5. The van der Waals surface area contributed by atoms with Gasteiger partial charge in [0, 0.05) is 41.1 Å². The van der Waals surface area contributed by atoms with Crippen LogP contribution < -0.4 is 14.9 Å². The number of halogens is 3.